The number of fused-ring (bicyclic) bond motifs is 1. The number of ether oxygens (including phenoxy) is 1. The lowest BCUT2D eigenvalue weighted by Gasteiger charge is -2.38. The third kappa shape index (κ3) is 2.76. The van der Waals surface area contributed by atoms with Crippen LogP contribution in [0.1, 0.15) is 27.7 Å². The standard InChI is InChI=1S/C15H24O3Si/c1-7-8-10-9-11(13-14(17-13)12(10)16)18-19(5,6)15(2,3)4/h7-9,11,13-14H,1-6H3. The van der Waals surface area contributed by atoms with Gasteiger partial charge in [-0.05, 0) is 31.1 Å². The van der Waals surface area contributed by atoms with E-state index in [0.717, 1.165) is 5.57 Å². The second kappa shape index (κ2) is 4.68. The normalized spacial score (nSPS) is 31.4. The zero-order valence-corrected chi connectivity index (χ0v) is 13.7. The Labute approximate surface area is 116 Å². The molecule has 0 N–H and O–H groups in total. The van der Waals surface area contributed by atoms with Crippen molar-refractivity contribution in [3.05, 3.63) is 23.8 Å². The van der Waals surface area contributed by atoms with E-state index in [1.165, 1.54) is 0 Å². The Kier molecular flexibility index (Phi) is 3.62. The van der Waals surface area contributed by atoms with Gasteiger partial charge in [0.15, 0.2) is 14.1 Å². The predicted octanol–water partition coefficient (Wildman–Crippen LogP) is 3.23. The molecule has 1 heterocycles. The molecule has 3 nitrogen and oxygen atoms in total. The Hall–Kier alpha value is -0.713. The maximum absolute atomic E-state index is 12.0. The molecule has 106 valence electrons. The highest BCUT2D eigenvalue weighted by atomic mass is 28.4. The number of carbonyl (C=O) groups excluding carboxylic acids is 1. The van der Waals surface area contributed by atoms with Gasteiger partial charge in [-0.2, -0.15) is 0 Å². The molecular formula is C15H24O3Si. The van der Waals surface area contributed by atoms with E-state index in [0.29, 0.717) is 0 Å². The fourth-order valence-corrected chi connectivity index (χ4v) is 3.27. The monoisotopic (exact) mass is 280 g/mol. The van der Waals surface area contributed by atoms with Crippen LogP contribution in [-0.2, 0) is 14.0 Å². The molecule has 3 atom stereocenters. The minimum Gasteiger partial charge on any atom is -0.408 e. The van der Waals surface area contributed by atoms with Crippen LogP contribution in [0.25, 0.3) is 0 Å². The Bertz CT molecular complexity index is 443. The molecule has 0 saturated carbocycles. The highest BCUT2D eigenvalue weighted by molar-refractivity contribution is 6.74. The van der Waals surface area contributed by atoms with Crippen molar-refractivity contribution in [2.24, 2.45) is 0 Å². The van der Waals surface area contributed by atoms with Gasteiger partial charge in [0.05, 0.1) is 6.10 Å². The van der Waals surface area contributed by atoms with E-state index in [1.54, 1.807) is 0 Å². The van der Waals surface area contributed by atoms with Crippen molar-refractivity contribution in [2.45, 2.75) is 64.1 Å². The van der Waals surface area contributed by atoms with Crippen molar-refractivity contribution in [3.63, 3.8) is 0 Å². The first kappa shape index (κ1) is 14.7. The quantitative estimate of drug-likeness (QED) is 0.588. The lowest BCUT2D eigenvalue weighted by Crippen LogP contribution is -2.46. The molecule has 0 aromatic rings. The van der Waals surface area contributed by atoms with Crippen LogP contribution in [-0.4, -0.2) is 32.4 Å². The first-order chi connectivity index (χ1) is 8.67. The Morgan fingerprint density at radius 1 is 1.37 bits per heavy atom. The first-order valence-corrected chi connectivity index (χ1v) is 9.80. The highest BCUT2D eigenvalue weighted by Gasteiger charge is 2.55. The molecule has 0 spiro atoms. The highest BCUT2D eigenvalue weighted by Crippen LogP contribution is 2.42. The average Bonchev–Trinajstić information content (AvgIpc) is 3.03. The van der Waals surface area contributed by atoms with E-state index in [-0.39, 0.29) is 29.1 Å². The number of hydrogen-bond donors (Lipinski definition) is 0. The minimum atomic E-state index is -1.84. The SMILES string of the molecule is CC=CC1=CC(O[Si](C)(C)C(C)(C)C)C2OC2C1=O. The smallest absolute Gasteiger partial charge is 0.194 e. The lowest BCUT2D eigenvalue weighted by atomic mass is 9.96. The number of carbonyl (C=O) groups is 1. The molecule has 1 saturated heterocycles. The molecule has 1 fully saturated rings. The van der Waals surface area contributed by atoms with E-state index in [2.05, 4.69) is 33.9 Å². The van der Waals surface area contributed by atoms with Crippen LogP contribution in [0.15, 0.2) is 23.8 Å². The van der Waals surface area contributed by atoms with Crippen molar-refractivity contribution >= 4 is 14.1 Å². The molecular weight excluding hydrogens is 256 g/mol. The fourth-order valence-electron chi connectivity index (χ4n) is 2.04. The van der Waals surface area contributed by atoms with Crippen LogP contribution in [0.4, 0.5) is 0 Å². The zero-order valence-electron chi connectivity index (χ0n) is 12.7. The molecule has 19 heavy (non-hydrogen) atoms. The molecule has 2 rings (SSSR count). The summed E-state index contributed by atoms with van der Waals surface area (Å²) in [6, 6.07) is 0. The van der Waals surface area contributed by atoms with Crippen molar-refractivity contribution in [2.75, 3.05) is 0 Å². The molecule has 0 radical (unpaired) electrons. The van der Waals surface area contributed by atoms with Crippen LogP contribution in [0.5, 0.6) is 0 Å². The van der Waals surface area contributed by atoms with Gasteiger partial charge >= 0.3 is 0 Å². The Balaban J connectivity index is 2.20. The van der Waals surface area contributed by atoms with Gasteiger partial charge in [0.1, 0.15) is 12.2 Å². The summed E-state index contributed by atoms with van der Waals surface area (Å²) in [6.45, 7) is 13.0. The van der Waals surface area contributed by atoms with Crippen molar-refractivity contribution < 1.29 is 14.0 Å². The van der Waals surface area contributed by atoms with Gasteiger partial charge in [-0.3, -0.25) is 4.79 Å². The van der Waals surface area contributed by atoms with E-state index in [9.17, 15) is 4.79 Å². The fraction of sp³-hybridized carbons (Fsp3) is 0.667. The molecule has 3 unspecified atom stereocenters. The van der Waals surface area contributed by atoms with Gasteiger partial charge < -0.3 is 9.16 Å². The second-order valence-corrected chi connectivity index (χ2v) is 11.6. The summed E-state index contributed by atoms with van der Waals surface area (Å²) in [5.41, 5.74) is 0.727. The Morgan fingerprint density at radius 3 is 2.53 bits per heavy atom. The van der Waals surface area contributed by atoms with Crippen LogP contribution in [0.2, 0.25) is 18.1 Å². The number of rotatable bonds is 3. The third-order valence-corrected chi connectivity index (χ3v) is 8.79. The van der Waals surface area contributed by atoms with Gasteiger partial charge in [0, 0.05) is 5.57 Å². The maximum atomic E-state index is 12.0. The second-order valence-electron chi connectivity index (χ2n) is 6.85. The number of allylic oxidation sites excluding steroid dienone is 2. The largest absolute Gasteiger partial charge is 0.408 e. The molecule has 0 aromatic heterocycles. The average molecular weight is 280 g/mol. The van der Waals surface area contributed by atoms with Crippen molar-refractivity contribution in [1.29, 1.82) is 0 Å². The third-order valence-electron chi connectivity index (χ3n) is 4.32. The molecule has 1 aliphatic heterocycles. The van der Waals surface area contributed by atoms with Crippen LogP contribution in [0, 0.1) is 0 Å². The van der Waals surface area contributed by atoms with E-state index >= 15 is 0 Å². The molecule has 0 amide bonds. The van der Waals surface area contributed by atoms with E-state index in [1.807, 2.05) is 25.2 Å². The molecule has 2 aliphatic rings. The van der Waals surface area contributed by atoms with E-state index in [4.69, 9.17) is 9.16 Å². The first-order valence-electron chi connectivity index (χ1n) is 6.89. The van der Waals surface area contributed by atoms with Crippen LogP contribution < -0.4 is 0 Å². The Morgan fingerprint density at radius 2 is 2.00 bits per heavy atom. The summed E-state index contributed by atoms with van der Waals surface area (Å²) in [6.07, 6.45) is 5.27. The summed E-state index contributed by atoms with van der Waals surface area (Å²) in [7, 11) is -1.84. The van der Waals surface area contributed by atoms with Gasteiger partial charge in [0.25, 0.3) is 0 Å². The van der Waals surface area contributed by atoms with Gasteiger partial charge in [-0.15, -0.1) is 0 Å². The van der Waals surface area contributed by atoms with Gasteiger partial charge in [0.2, 0.25) is 0 Å². The topological polar surface area (TPSA) is 38.8 Å². The maximum Gasteiger partial charge on any atom is 0.194 e. The molecule has 0 aromatic carbocycles. The van der Waals surface area contributed by atoms with Gasteiger partial charge in [-0.25, -0.2) is 0 Å². The number of Topliss-reactive ketones (excluding diaryl/α,β-unsaturated/α-hetero) is 1. The summed E-state index contributed by atoms with van der Waals surface area (Å²) in [5.74, 6) is 0.0955. The summed E-state index contributed by atoms with van der Waals surface area (Å²) in [5, 5.41) is 0.160. The number of hydrogen-bond acceptors (Lipinski definition) is 3. The number of epoxide rings is 1. The van der Waals surface area contributed by atoms with Crippen molar-refractivity contribution in [3.8, 4) is 0 Å². The summed E-state index contributed by atoms with van der Waals surface area (Å²) < 4.78 is 11.9. The number of ketones is 1. The van der Waals surface area contributed by atoms with E-state index < -0.39 is 8.32 Å². The van der Waals surface area contributed by atoms with Crippen LogP contribution >= 0.6 is 0 Å². The summed E-state index contributed by atoms with van der Waals surface area (Å²) >= 11 is 0. The minimum absolute atomic E-state index is 0.0596. The zero-order chi connectivity index (χ0) is 14.4. The van der Waals surface area contributed by atoms with Crippen molar-refractivity contribution in [1.82, 2.24) is 0 Å². The lowest BCUT2D eigenvalue weighted by molar-refractivity contribution is -0.116. The molecule has 0 bridgehead atoms. The molecule has 1 aliphatic carbocycles. The predicted molar refractivity (Wildman–Crippen MR) is 78.6 cm³/mol. The van der Waals surface area contributed by atoms with Crippen LogP contribution in [0.3, 0.4) is 0 Å². The van der Waals surface area contributed by atoms with Gasteiger partial charge in [-0.1, -0.05) is 32.9 Å². The molecule has 4 heteroatoms. The summed E-state index contributed by atoms with van der Waals surface area (Å²) in [4.78, 5) is 12.0.